The molecule has 0 saturated heterocycles. The maximum absolute atomic E-state index is 2.57. The molecule has 1 aromatic heterocycles. The second-order valence-corrected chi connectivity index (χ2v) is 14.3. The molecule has 0 amide bonds. The van der Waals surface area contributed by atoms with Gasteiger partial charge in [-0.15, -0.1) is 11.3 Å². The summed E-state index contributed by atoms with van der Waals surface area (Å²) in [5.41, 5.74) is 13.8. The minimum Gasteiger partial charge on any atom is -0.313 e. The monoisotopic (exact) mass is 623 g/mol. The normalized spacial score (nSPS) is 19.3. The Bertz CT molecular complexity index is 2300. The first-order chi connectivity index (χ1) is 23.2. The Labute approximate surface area is 281 Å². The Morgan fingerprint density at radius 2 is 1.57 bits per heavy atom. The number of hydrogen-bond acceptors (Lipinski definition) is 2. The number of para-hydroxylation sites is 2. The Hall–Kier alpha value is -4.92. The van der Waals surface area contributed by atoms with Crippen molar-refractivity contribution < 1.29 is 0 Å². The maximum atomic E-state index is 2.57. The summed E-state index contributed by atoms with van der Waals surface area (Å²) in [5.74, 6) is 0.913. The highest BCUT2D eigenvalue weighted by atomic mass is 32.1. The van der Waals surface area contributed by atoms with Gasteiger partial charge in [0.2, 0.25) is 0 Å². The van der Waals surface area contributed by atoms with Crippen molar-refractivity contribution in [2.75, 3.05) is 4.90 Å². The molecule has 0 saturated carbocycles. The molecule has 1 aliphatic heterocycles. The van der Waals surface area contributed by atoms with Crippen molar-refractivity contribution in [2.45, 2.75) is 44.4 Å². The molecular weight excluding hydrogens is 587 g/mol. The van der Waals surface area contributed by atoms with Crippen LogP contribution in [0.1, 0.15) is 65.3 Å². The summed E-state index contributed by atoms with van der Waals surface area (Å²) >= 11 is 1.96. The highest BCUT2D eigenvalue weighted by Gasteiger charge is 2.39. The van der Waals surface area contributed by atoms with E-state index in [1.54, 1.807) is 0 Å². The molecule has 47 heavy (non-hydrogen) atoms. The van der Waals surface area contributed by atoms with Crippen molar-refractivity contribution in [2.24, 2.45) is 0 Å². The fourth-order valence-electron chi connectivity index (χ4n) is 8.22. The van der Waals surface area contributed by atoms with Crippen molar-refractivity contribution in [1.29, 1.82) is 0 Å². The molecule has 5 aromatic carbocycles. The van der Waals surface area contributed by atoms with Gasteiger partial charge < -0.3 is 4.90 Å². The SMILES string of the molecule is Cc1ccccc1C1=C([C@@H](C)c2cc(C3C=CC=CC3)cc3c2sc2ccccc23)C=C2C(C1)c1ccccc1N2c1ccccc1. The molecule has 2 unspecified atom stereocenters. The number of thiophene rings is 1. The molecule has 2 aliphatic carbocycles. The van der Waals surface area contributed by atoms with Gasteiger partial charge >= 0.3 is 0 Å². The van der Waals surface area contributed by atoms with Gasteiger partial charge in [-0.1, -0.05) is 116 Å². The zero-order chi connectivity index (χ0) is 31.5. The average Bonchev–Trinajstić information content (AvgIpc) is 3.67. The Kier molecular flexibility index (Phi) is 6.87. The van der Waals surface area contributed by atoms with Gasteiger partial charge in [-0.2, -0.15) is 0 Å². The predicted molar refractivity (Wildman–Crippen MR) is 202 cm³/mol. The summed E-state index contributed by atoms with van der Waals surface area (Å²) < 4.78 is 2.79. The molecule has 6 aromatic rings. The zero-order valence-electron chi connectivity index (χ0n) is 26.9. The number of aryl methyl sites for hydroxylation is 1. The van der Waals surface area contributed by atoms with E-state index in [9.17, 15) is 0 Å². The standard InChI is InChI=1S/C45H37NS/c1-29-15-9-10-20-34(29)39-27-40-35-21-11-13-23-42(35)46(33-18-7-4-8-19-33)43(40)28-37(39)30(2)38-25-32(31-16-5-3-6-17-31)26-41-36-22-12-14-24-44(36)47-45(38)41/h3-16,18-26,28,30-31,40H,17,27H2,1-2H3/t30-,31?,40?/m1/s1. The molecule has 0 N–H and O–H groups in total. The Morgan fingerprint density at radius 3 is 2.43 bits per heavy atom. The van der Waals surface area contributed by atoms with Crippen LogP contribution in [0.15, 0.2) is 157 Å². The quantitative estimate of drug-likeness (QED) is 0.185. The Balaban J connectivity index is 1.29. The van der Waals surface area contributed by atoms with Crippen molar-refractivity contribution in [1.82, 2.24) is 0 Å². The van der Waals surface area contributed by atoms with Crippen LogP contribution in [0.3, 0.4) is 0 Å². The minimum absolute atomic E-state index is 0.206. The molecule has 1 nitrogen and oxygen atoms in total. The molecule has 2 heteroatoms. The van der Waals surface area contributed by atoms with Crippen molar-refractivity contribution in [3.8, 4) is 0 Å². The van der Waals surface area contributed by atoms with Crippen LogP contribution >= 0.6 is 11.3 Å². The van der Waals surface area contributed by atoms with Gasteiger partial charge in [0.1, 0.15) is 0 Å². The molecule has 2 heterocycles. The minimum atomic E-state index is 0.206. The first-order valence-electron chi connectivity index (χ1n) is 16.9. The smallest absolute Gasteiger partial charge is 0.0497 e. The molecule has 9 rings (SSSR count). The molecule has 0 spiro atoms. The number of allylic oxidation sites excluding steroid dienone is 8. The molecule has 0 bridgehead atoms. The van der Waals surface area contributed by atoms with Gasteiger partial charge in [0.05, 0.1) is 0 Å². The van der Waals surface area contributed by atoms with Crippen LogP contribution in [-0.4, -0.2) is 0 Å². The average molecular weight is 624 g/mol. The Morgan fingerprint density at radius 1 is 0.787 bits per heavy atom. The largest absolute Gasteiger partial charge is 0.313 e. The maximum Gasteiger partial charge on any atom is 0.0497 e. The van der Waals surface area contributed by atoms with Crippen LogP contribution in [0.5, 0.6) is 0 Å². The van der Waals surface area contributed by atoms with E-state index in [0.717, 1.165) is 12.8 Å². The fourth-order valence-corrected chi connectivity index (χ4v) is 9.51. The van der Waals surface area contributed by atoms with Crippen molar-refractivity contribution in [3.63, 3.8) is 0 Å². The lowest BCUT2D eigenvalue weighted by Gasteiger charge is -2.32. The van der Waals surface area contributed by atoms with Crippen LogP contribution in [0.4, 0.5) is 11.4 Å². The van der Waals surface area contributed by atoms with Gasteiger partial charge in [0.15, 0.2) is 0 Å². The fraction of sp³-hybridized carbons (Fsp3) is 0.156. The van der Waals surface area contributed by atoms with E-state index in [-0.39, 0.29) is 5.92 Å². The third-order valence-electron chi connectivity index (χ3n) is 10.6. The van der Waals surface area contributed by atoms with E-state index in [1.807, 2.05) is 11.3 Å². The van der Waals surface area contributed by atoms with Gasteiger partial charge in [-0.25, -0.2) is 0 Å². The van der Waals surface area contributed by atoms with Gasteiger partial charge in [-0.3, -0.25) is 0 Å². The van der Waals surface area contributed by atoms with E-state index in [2.05, 4.69) is 164 Å². The van der Waals surface area contributed by atoms with Crippen LogP contribution < -0.4 is 4.90 Å². The summed E-state index contributed by atoms with van der Waals surface area (Å²) in [5, 5.41) is 2.77. The number of hydrogen-bond donors (Lipinski definition) is 0. The summed E-state index contributed by atoms with van der Waals surface area (Å²) in [6.45, 7) is 4.73. The summed E-state index contributed by atoms with van der Waals surface area (Å²) in [6.07, 6.45) is 13.7. The summed E-state index contributed by atoms with van der Waals surface area (Å²) in [4.78, 5) is 2.52. The number of rotatable bonds is 5. The van der Waals surface area contributed by atoms with Crippen LogP contribution in [-0.2, 0) is 0 Å². The molecule has 0 radical (unpaired) electrons. The van der Waals surface area contributed by atoms with E-state index >= 15 is 0 Å². The number of benzene rings is 5. The predicted octanol–water partition coefficient (Wildman–Crippen LogP) is 12.7. The van der Waals surface area contributed by atoms with Gasteiger partial charge in [0.25, 0.3) is 0 Å². The van der Waals surface area contributed by atoms with Crippen LogP contribution in [0.2, 0.25) is 0 Å². The van der Waals surface area contributed by atoms with E-state index < -0.39 is 0 Å². The molecule has 228 valence electrons. The molecule has 3 atom stereocenters. The van der Waals surface area contributed by atoms with E-state index in [1.165, 1.54) is 76.2 Å². The lowest BCUT2D eigenvalue weighted by Crippen LogP contribution is -2.18. The summed E-state index contributed by atoms with van der Waals surface area (Å²) in [7, 11) is 0. The second-order valence-electron chi connectivity index (χ2n) is 13.3. The van der Waals surface area contributed by atoms with Crippen molar-refractivity contribution >= 4 is 48.5 Å². The zero-order valence-corrected chi connectivity index (χ0v) is 27.7. The highest BCUT2D eigenvalue weighted by Crippen LogP contribution is 2.56. The van der Waals surface area contributed by atoms with Crippen molar-refractivity contribution in [3.05, 3.63) is 185 Å². The number of nitrogens with zero attached hydrogens (tertiary/aromatic N) is 1. The van der Waals surface area contributed by atoms with Gasteiger partial charge in [-0.05, 0) is 95.1 Å². The first-order valence-corrected chi connectivity index (χ1v) is 17.7. The van der Waals surface area contributed by atoms with E-state index in [4.69, 9.17) is 0 Å². The lowest BCUT2D eigenvalue weighted by atomic mass is 9.75. The second kappa shape index (κ2) is 11.4. The number of fused-ring (bicyclic) bond motifs is 6. The lowest BCUT2D eigenvalue weighted by molar-refractivity contribution is 0.797. The molecule has 3 aliphatic rings. The van der Waals surface area contributed by atoms with Gasteiger partial charge in [0, 0.05) is 55.0 Å². The highest BCUT2D eigenvalue weighted by molar-refractivity contribution is 7.26. The van der Waals surface area contributed by atoms with E-state index in [0.29, 0.717) is 11.8 Å². The first kappa shape index (κ1) is 28.3. The van der Waals surface area contributed by atoms with Crippen LogP contribution in [0.25, 0.3) is 25.7 Å². The molecule has 0 fully saturated rings. The number of anilines is 2. The third kappa shape index (κ3) is 4.66. The van der Waals surface area contributed by atoms with Crippen LogP contribution in [0, 0.1) is 6.92 Å². The third-order valence-corrected chi connectivity index (χ3v) is 11.8. The molecular formula is C45H37NS. The summed E-state index contributed by atoms with van der Waals surface area (Å²) in [6, 6.07) is 43.0. The topological polar surface area (TPSA) is 3.24 Å².